The summed E-state index contributed by atoms with van der Waals surface area (Å²) in [6, 6.07) is 10.8. The molecule has 0 saturated carbocycles. The number of benzene rings is 2. The van der Waals surface area contributed by atoms with Gasteiger partial charge in [-0.2, -0.15) is 5.10 Å². The van der Waals surface area contributed by atoms with E-state index in [9.17, 15) is 14.4 Å². The zero-order valence-electron chi connectivity index (χ0n) is 19.3. The Morgan fingerprint density at radius 2 is 1.73 bits per heavy atom. The number of carbonyl (C=O) groups is 3. The van der Waals surface area contributed by atoms with Gasteiger partial charge in [0, 0.05) is 18.5 Å². The molecule has 0 bridgehead atoms. The summed E-state index contributed by atoms with van der Waals surface area (Å²) in [7, 11) is 1.28. The summed E-state index contributed by atoms with van der Waals surface area (Å²) in [4.78, 5) is 35.4. The Kier molecular flexibility index (Phi) is 9.88. The van der Waals surface area contributed by atoms with Crippen molar-refractivity contribution in [3.05, 3.63) is 53.1 Å². The fourth-order valence-corrected chi connectivity index (χ4v) is 2.73. The molecule has 0 aliphatic carbocycles. The van der Waals surface area contributed by atoms with Crippen LogP contribution in [0.25, 0.3) is 0 Å². The highest BCUT2D eigenvalue weighted by Crippen LogP contribution is 2.28. The maximum absolute atomic E-state index is 12.1. The first-order chi connectivity index (χ1) is 15.8. The van der Waals surface area contributed by atoms with Gasteiger partial charge in [-0.25, -0.2) is 10.2 Å². The minimum absolute atomic E-state index is 0.00145. The molecule has 2 amide bonds. The number of anilines is 1. The number of hydrazone groups is 1. The summed E-state index contributed by atoms with van der Waals surface area (Å²) >= 11 is 0. The van der Waals surface area contributed by atoms with E-state index in [1.165, 1.54) is 13.3 Å². The molecule has 2 N–H and O–H groups in total. The van der Waals surface area contributed by atoms with E-state index < -0.39 is 5.97 Å². The molecule has 33 heavy (non-hydrogen) atoms. The number of aryl methyl sites for hydroxylation is 2. The van der Waals surface area contributed by atoms with Crippen molar-refractivity contribution in [1.29, 1.82) is 0 Å². The van der Waals surface area contributed by atoms with Crippen LogP contribution in [-0.4, -0.2) is 44.3 Å². The van der Waals surface area contributed by atoms with Crippen molar-refractivity contribution in [2.45, 2.75) is 33.6 Å². The summed E-state index contributed by atoms with van der Waals surface area (Å²) in [5.74, 6) is -0.316. The van der Waals surface area contributed by atoms with Crippen molar-refractivity contribution in [3.8, 4) is 11.5 Å². The van der Waals surface area contributed by atoms with Crippen molar-refractivity contribution in [3.63, 3.8) is 0 Å². The predicted octanol–water partition coefficient (Wildman–Crippen LogP) is 3.12. The summed E-state index contributed by atoms with van der Waals surface area (Å²) in [6.07, 6.45) is 1.48. The molecule has 2 rings (SSSR count). The van der Waals surface area contributed by atoms with Crippen molar-refractivity contribution in [1.82, 2.24) is 5.43 Å². The zero-order chi connectivity index (χ0) is 24.2. The SMILES string of the molecule is CCOc1cc(C=NNC(=O)CCC(=O)Nc2cc(C)ccc2C)ccc1OCC(=O)OC. The number of amides is 2. The first-order valence-electron chi connectivity index (χ1n) is 10.5. The Balaban J connectivity index is 1.86. The minimum Gasteiger partial charge on any atom is -0.490 e. The Hall–Kier alpha value is -3.88. The third-order valence-corrected chi connectivity index (χ3v) is 4.49. The van der Waals surface area contributed by atoms with Gasteiger partial charge < -0.3 is 19.5 Å². The standard InChI is InChI=1S/C24H29N3O6/c1-5-32-21-13-18(8-9-20(21)33-15-24(30)31-4)14-25-27-23(29)11-10-22(28)26-19-12-16(2)6-7-17(19)3/h6-9,12-14H,5,10-11,15H2,1-4H3,(H,26,28)(H,27,29). The molecule has 0 radical (unpaired) electrons. The first kappa shape index (κ1) is 25.4. The van der Waals surface area contributed by atoms with Gasteiger partial charge in [-0.3, -0.25) is 9.59 Å². The van der Waals surface area contributed by atoms with Crippen LogP contribution < -0.4 is 20.2 Å². The van der Waals surface area contributed by atoms with E-state index in [0.717, 1.165) is 16.8 Å². The van der Waals surface area contributed by atoms with Crippen LogP contribution in [0.4, 0.5) is 5.69 Å². The van der Waals surface area contributed by atoms with Crippen LogP contribution in [0.15, 0.2) is 41.5 Å². The average Bonchev–Trinajstić information content (AvgIpc) is 2.79. The normalized spacial score (nSPS) is 10.5. The maximum atomic E-state index is 12.1. The number of methoxy groups -OCH3 is 1. The summed E-state index contributed by atoms with van der Waals surface area (Å²) in [5.41, 5.74) is 5.79. The number of nitrogens with zero attached hydrogens (tertiary/aromatic N) is 1. The van der Waals surface area contributed by atoms with Gasteiger partial charge in [-0.1, -0.05) is 12.1 Å². The monoisotopic (exact) mass is 455 g/mol. The number of hydrogen-bond donors (Lipinski definition) is 2. The highest BCUT2D eigenvalue weighted by atomic mass is 16.6. The lowest BCUT2D eigenvalue weighted by Gasteiger charge is -2.11. The van der Waals surface area contributed by atoms with E-state index in [0.29, 0.717) is 23.7 Å². The molecule has 0 aromatic heterocycles. The van der Waals surface area contributed by atoms with E-state index in [4.69, 9.17) is 9.47 Å². The van der Waals surface area contributed by atoms with Crippen molar-refractivity contribution < 1.29 is 28.6 Å². The molecule has 0 spiro atoms. The van der Waals surface area contributed by atoms with Gasteiger partial charge >= 0.3 is 5.97 Å². The second-order valence-electron chi connectivity index (χ2n) is 7.16. The second-order valence-corrected chi connectivity index (χ2v) is 7.16. The summed E-state index contributed by atoms with van der Waals surface area (Å²) in [5, 5.41) is 6.74. The van der Waals surface area contributed by atoms with Crippen LogP contribution in [0.2, 0.25) is 0 Å². The topological polar surface area (TPSA) is 115 Å². The Morgan fingerprint density at radius 1 is 0.970 bits per heavy atom. The van der Waals surface area contributed by atoms with Gasteiger partial charge in [-0.15, -0.1) is 0 Å². The van der Waals surface area contributed by atoms with Crippen LogP contribution in [0, 0.1) is 13.8 Å². The van der Waals surface area contributed by atoms with Crippen LogP contribution >= 0.6 is 0 Å². The van der Waals surface area contributed by atoms with Gasteiger partial charge in [0.25, 0.3) is 0 Å². The van der Waals surface area contributed by atoms with E-state index in [-0.39, 0.29) is 31.3 Å². The fourth-order valence-electron chi connectivity index (χ4n) is 2.73. The minimum atomic E-state index is -0.506. The molecular formula is C24H29N3O6. The van der Waals surface area contributed by atoms with E-state index in [1.54, 1.807) is 18.2 Å². The average molecular weight is 456 g/mol. The lowest BCUT2D eigenvalue weighted by Crippen LogP contribution is -2.21. The fraction of sp³-hybridized carbons (Fsp3) is 0.333. The lowest BCUT2D eigenvalue weighted by molar-refractivity contribution is -0.143. The molecule has 0 unspecified atom stereocenters. The van der Waals surface area contributed by atoms with Gasteiger partial charge in [0.05, 0.1) is 19.9 Å². The number of hydrogen-bond acceptors (Lipinski definition) is 7. The molecule has 2 aromatic carbocycles. The smallest absolute Gasteiger partial charge is 0.343 e. The van der Waals surface area contributed by atoms with Gasteiger partial charge in [0.15, 0.2) is 18.1 Å². The van der Waals surface area contributed by atoms with Gasteiger partial charge in [0.2, 0.25) is 11.8 Å². The van der Waals surface area contributed by atoms with Crippen molar-refractivity contribution >= 4 is 29.7 Å². The molecule has 0 atom stereocenters. The van der Waals surface area contributed by atoms with Crippen molar-refractivity contribution in [2.24, 2.45) is 5.10 Å². The molecule has 2 aromatic rings. The van der Waals surface area contributed by atoms with Crippen LogP contribution in [0.5, 0.6) is 11.5 Å². The number of rotatable bonds is 11. The zero-order valence-corrected chi connectivity index (χ0v) is 19.3. The van der Waals surface area contributed by atoms with Gasteiger partial charge in [0.1, 0.15) is 0 Å². The molecular weight excluding hydrogens is 426 g/mol. The quantitative estimate of drug-likeness (QED) is 0.306. The lowest BCUT2D eigenvalue weighted by atomic mass is 10.1. The van der Waals surface area contributed by atoms with Gasteiger partial charge in [-0.05, 0) is 61.7 Å². The molecule has 0 saturated heterocycles. The molecule has 0 aliphatic rings. The highest BCUT2D eigenvalue weighted by Gasteiger charge is 2.10. The Bertz CT molecular complexity index is 1020. The first-order valence-corrected chi connectivity index (χ1v) is 10.5. The largest absolute Gasteiger partial charge is 0.490 e. The molecule has 0 heterocycles. The molecule has 0 aliphatic heterocycles. The number of carbonyl (C=O) groups excluding carboxylic acids is 3. The third-order valence-electron chi connectivity index (χ3n) is 4.49. The molecule has 9 heteroatoms. The number of esters is 1. The van der Waals surface area contributed by atoms with E-state index in [2.05, 4.69) is 20.6 Å². The molecule has 0 fully saturated rings. The molecule has 9 nitrogen and oxygen atoms in total. The van der Waals surface area contributed by atoms with Crippen molar-refractivity contribution in [2.75, 3.05) is 25.6 Å². The maximum Gasteiger partial charge on any atom is 0.343 e. The van der Waals surface area contributed by atoms with Crippen LogP contribution in [0.3, 0.4) is 0 Å². The summed E-state index contributed by atoms with van der Waals surface area (Å²) in [6.45, 7) is 5.83. The second kappa shape index (κ2) is 12.8. The number of nitrogens with one attached hydrogen (secondary N) is 2. The van der Waals surface area contributed by atoms with E-state index in [1.807, 2.05) is 39.0 Å². The predicted molar refractivity (Wildman–Crippen MR) is 125 cm³/mol. The Labute approximate surface area is 193 Å². The summed E-state index contributed by atoms with van der Waals surface area (Å²) < 4.78 is 15.5. The molecule has 176 valence electrons. The van der Waals surface area contributed by atoms with Crippen LogP contribution in [-0.2, 0) is 19.1 Å². The van der Waals surface area contributed by atoms with E-state index >= 15 is 0 Å². The third kappa shape index (κ3) is 8.64. The van der Waals surface area contributed by atoms with Crippen LogP contribution in [0.1, 0.15) is 36.5 Å². The Morgan fingerprint density at radius 3 is 2.45 bits per heavy atom. The number of ether oxygens (including phenoxy) is 3. The highest BCUT2D eigenvalue weighted by molar-refractivity contribution is 5.94.